The molecule has 30 heavy (non-hydrogen) atoms. The van der Waals surface area contributed by atoms with E-state index in [0.29, 0.717) is 37.0 Å². The number of carbonyl (C=O) groups is 2. The SMILES string of the molecule is C=C1CCC(N2Cc3cc(O[C@H]4CCC[C@H]4N(CC)C(C)C)ccc3C2=O)C(=O)N1. The third-order valence-corrected chi connectivity index (χ3v) is 6.77. The summed E-state index contributed by atoms with van der Waals surface area (Å²) in [5, 5.41) is 2.79. The molecule has 1 aliphatic carbocycles. The summed E-state index contributed by atoms with van der Waals surface area (Å²) in [4.78, 5) is 29.5. The first-order valence-electron chi connectivity index (χ1n) is 11.2. The Balaban J connectivity index is 1.48. The molecule has 6 nitrogen and oxygen atoms in total. The van der Waals surface area contributed by atoms with Crippen molar-refractivity contribution in [2.24, 2.45) is 0 Å². The zero-order valence-corrected chi connectivity index (χ0v) is 18.3. The maximum atomic E-state index is 12.9. The average Bonchev–Trinajstić information content (AvgIpc) is 3.27. The van der Waals surface area contributed by atoms with Crippen LogP contribution in [0.25, 0.3) is 0 Å². The van der Waals surface area contributed by atoms with Gasteiger partial charge in [0.25, 0.3) is 5.91 Å². The molecule has 1 aromatic rings. The lowest BCUT2D eigenvalue weighted by molar-refractivity contribution is -0.126. The van der Waals surface area contributed by atoms with Gasteiger partial charge >= 0.3 is 0 Å². The molecule has 1 unspecified atom stereocenters. The number of rotatable bonds is 6. The fourth-order valence-corrected chi connectivity index (χ4v) is 5.28. The lowest BCUT2D eigenvalue weighted by Crippen LogP contribution is -2.49. The zero-order valence-electron chi connectivity index (χ0n) is 18.3. The fraction of sp³-hybridized carbons (Fsp3) is 0.583. The summed E-state index contributed by atoms with van der Waals surface area (Å²) in [6, 6.07) is 6.26. The van der Waals surface area contributed by atoms with Crippen LogP contribution in [0.2, 0.25) is 0 Å². The van der Waals surface area contributed by atoms with E-state index >= 15 is 0 Å². The van der Waals surface area contributed by atoms with Crippen LogP contribution in [-0.4, -0.2) is 52.4 Å². The summed E-state index contributed by atoms with van der Waals surface area (Å²) in [5.74, 6) is 0.618. The molecular weight excluding hydrogens is 378 g/mol. The van der Waals surface area contributed by atoms with E-state index in [1.54, 1.807) is 4.90 Å². The van der Waals surface area contributed by atoms with Gasteiger partial charge in [0.1, 0.15) is 17.9 Å². The number of likely N-dealkylation sites (N-methyl/N-ethyl adjacent to an activating group) is 1. The largest absolute Gasteiger partial charge is 0.489 e. The molecule has 6 heteroatoms. The average molecular weight is 412 g/mol. The minimum absolute atomic E-state index is 0.0695. The monoisotopic (exact) mass is 411 g/mol. The van der Waals surface area contributed by atoms with Gasteiger partial charge in [-0.3, -0.25) is 14.5 Å². The second-order valence-electron chi connectivity index (χ2n) is 8.98. The van der Waals surface area contributed by atoms with Crippen LogP contribution in [0.3, 0.4) is 0 Å². The van der Waals surface area contributed by atoms with Gasteiger partial charge in [-0.15, -0.1) is 0 Å². The number of benzene rings is 1. The Hall–Kier alpha value is -2.34. The molecule has 1 N–H and O–H groups in total. The molecule has 2 heterocycles. The van der Waals surface area contributed by atoms with E-state index in [-0.39, 0.29) is 17.9 Å². The molecule has 1 saturated heterocycles. The number of amides is 2. The van der Waals surface area contributed by atoms with Crippen LogP contribution in [0.5, 0.6) is 5.75 Å². The van der Waals surface area contributed by atoms with Crippen LogP contribution in [0, 0.1) is 0 Å². The van der Waals surface area contributed by atoms with Crippen LogP contribution < -0.4 is 10.1 Å². The molecule has 2 fully saturated rings. The first-order chi connectivity index (χ1) is 14.4. The van der Waals surface area contributed by atoms with Crippen LogP contribution in [0.15, 0.2) is 30.5 Å². The number of hydrogen-bond acceptors (Lipinski definition) is 4. The summed E-state index contributed by atoms with van der Waals surface area (Å²) in [6.45, 7) is 12.0. The number of fused-ring (bicyclic) bond motifs is 1. The van der Waals surface area contributed by atoms with Crippen molar-refractivity contribution in [2.45, 2.75) is 83.6 Å². The molecule has 3 aliphatic rings. The first kappa shape index (κ1) is 20.9. The summed E-state index contributed by atoms with van der Waals surface area (Å²) < 4.78 is 6.43. The fourth-order valence-electron chi connectivity index (χ4n) is 5.28. The summed E-state index contributed by atoms with van der Waals surface area (Å²) in [7, 11) is 0. The van der Waals surface area contributed by atoms with E-state index in [2.05, 4.69) is 37.6 Å². The van der Waals surface area contributed by atoms with Crippen molar-refractivity contribution in [3.63, 3.8) is 0 Å². The third-order valence-electron chi connectivity index (χ3n) is 6.77. The highest BCUT2D eigenvalue weighted by Gasteiger charge is 2.39. The van der Waals surface area contributed by atoms with E-state index in [1.807, 2.05) is 18.2 Å². The van der Waals surface area contributed by atoms with Crippen molar-refractivity contribution in [3.05, 3.63) is 41.6 Å². The van der Waals surface area contributed by atoms with Crippen molar-refractivity contribution in [3.8, 4) is 5.75 Å². The maximum absolute atomic E-state index is 12.9. The van der Waals surface area contributed by atoms with E-state index in [0.717, 1.165) is 36.4 Å². The van der Waals surface area contributed by atoms with Gasteiger partial charge in [0.15, 0.2) is 0 Å². The number of allylic oxidation sites excluding steroid dienone is 1. The second kappa shape index (κ2) is 8.42. The van der Waals surface area contributed by atoms with Crippen LogP contribution >= 0.6 is 0 Å². The Labute approximate surface area is 179 Å². The molecule has 0 radical (unpaired) electrons. The summed E-state index contributed by atoms with van der Waals surface area (Å²) >= 11 is 0. The van der Waals surface area contributed by atoms with E-state index in [9.17, 15) is 9.59 Å². The smallest absolute Gasteiger partial charge is 0.255 e. The topological polar surface area (TPSA) is 61.9 Å². The van der Waals surface area contributed by atoms with Gasteiger partial charge in [-0.05, 0) is 76.3 Å². The maximum Gasteiger partial charge on any atom is 0.255 e. The molecule has 0 bridgehead atoms. The van der Waals surface area contributed by atoms with Gasteiger partial charge in [-0.1, -0.05) is 13.5 Å². The standard InChI is InChI=1S/C24H33N3O3/c1-5-26(15(2)3)20-7-6-8-22(20)30-18-10-11-19-17(13-18)14-27(24(19)29)21-12-9-16(4)25-23(21)28/h10-11,13,15,20-22H,4-9,12,14H2,1-3H3,(H,25,28)/t20-,21?,22+/m1/s1. The molecule has 4 rings (SSSR count). The van der Waals surface area contributed by atoms with Crippen LogP contribution in [-0.2, 0) is 11.3 Å². The Bertz CT molecular complexity index is 850. The molecule has 162 valence electrons. The molecule has 1 aromatic carbocycles. The summed E-state index contributed by atoms with van der Waals surface area (Å²) in [6.07, 6.45) is 4.90. The van der Waals surface area contributed by atoms with Crippen LogP contribution in [0.4, 0.5) is 0 Å². The first-order valence-corrected chi connectivity index (χ1v) is 11.2. The van der Waals surface area contributed by atoms with Gasteiger partial charge in [0, 0.05) is 29.9 Å². The van der Waals surface area contributed by atoms with Gasteiger partial charge < -0.3 is 15.0 Å². The molecule has 2 amide bonds. The number of piperidine rings is 1. The van der Waals surface area contributed by atoms with Crippen molar-refractivity contribution < 1.29 is 14.3 Å². The predicted octanol–water partition coefficient (Wildman–Crippen LogP) is 3.46. The van der Waals surface area contributed by atoms with Crippen molar-refractivity contribution in [1.82, 2.24) is 15.1 Å². The van der Waals surface area contributed by atoms with Gasteiger partial charge in [-0.25, -0.2) is 0 Å². The predicted molar refractivity (Wildman–Crippen MR) is 116 cm³/mol. The van der Waals surface area contributed by atoms with Crippen LogP contribution in [0.1, 0.15) is 68.8 Å². The van der Waals surface area contributed by atoms with Gasteiger partial charge in [0.2, 0.25) is 5.91 Å². The molecule has 2 aliphatic heterocycles. The molecule has 0 aromatic heterocycles. The van der Waals surface area contributed by atoms with Crippen molar-refractivity contribution >= 4 is 11.8 Å². The Morgan fingerprint density at radius 3 is 2.77 bits per heavy atom. The molecular formula is C24H33N3O3. The number of carbonyl (C=O) groups excluding carboxylic acids is 2. The number of ether oxygens (including phenoxy) is 1. The highest BCUT2D eigenvalue weighted by Crippen LogP contribution is 2.33. The highest BCUT2D eigenvalue weighted by molar-refractivity contribution is 6.01. The zero-order chi connectivity index (χ0) is 21.4. The number of hydrogen-bond donors (Lipinski definition) is 1. The Morgan fingerprint density at radius 2 is 2.07 bits per heavy atom. The lowest BCUT2D eigenvalue weighted by Gasteiger charge is -2.35. The van der Waals surface area contributed by atoms with E-state index < -0.39 is 6.04 Å². The highest BCUT2D eigenvalue weighted by atomic mass is 16.5. The van der Waals surface area contributed by atoms with E-state index in [4.69, 9.17) is 4.74 Å². The lowest BCUT2D eigenvalue weighted by atomic mass is 10.0. The minimum atomic E-state index is -0.428. The quantitative estimate of drug-likeness (QED) is 0.779. The second-order valence-corrected chi connectivity index (χ2v) is 8.98. The molecule has 0 spiro atoms. The van der Waals surface area contributed by atoms with Gasteiger partial charge in [0.05, 0.1) is 0 Å². The molecule has 3 atom stereocenters. The van der Waals surface area contributed by atoms with E-state index in [1.165, 1.54) is 6.42 Å². The molecule has 1 saturated carbocycles. The number of nitrogens with one attached hydrogen (secondary N) is 1. The Kier molecular flexibility index (Phi) is 5.87. The summed E-state index contributed by atoms with van der Waals surface area (Å²) in [5.41, 5.74) is 2.35. The normalized spacial score (nSPS) is 26.5. The third kappa shape index (κ3) is 3.85. The van der Waals surface area contributed by atoms with Crippen molar-refractivity contribution in [2.75, 3.05) is 6.54 Å². The number of nitrogens with zero attached hydrogens (tertiary/aromatic N) is 2. The van der Waals surface area contributed by atoms with Crippen molar-refractivity contribution in [1.29, 1.82) is 0 Å². The minimum Gasteiger partial charge on any atom is -0.489 e. The van der Waals surface area contributed by atoms with Gasteiger partial charge in [-0.2, -0.15) is 0 Å². The Morgan fingerprint density at radius 1 is 1.27 bits per heavy atom.